The zero-order chi connectivity index (χ0) is 14.4. The van der Waals surface area contributed by atoms with Gasteiger partial charge in [0.1, 0.15) is 0 Å². The fourth-order valence-corrected chi connectivity index (χ4v) is 2.41. The van der Waals surface area contributed by atoms with Crippen LogP contribution in [-0.4, -0.2) is 16.4 Å². The molecular formula is C17H23N3. The Hall–Kier alpha value is -1.87. The summed E-state index contributed by atoms with van der Waals surface area (Å²) in [4.78, 5) is 6.69. The first-order valence-electron chi connectivity index (χ1n) is 7.15. The fourth-order valence-electron chi connectivity index (χ4n) is 2.41. The third-order valence-corrected chi connectivity index (χ3v) is 3.33. The van der Waals surface area contributed by atoms with E-state index in [1.807, 2.05) is 30.6 Å². The number of aromatic nitrogens is 1. The summed E-state index contributed by atoms with van der Waals surface area (Å²) < 4.78 is 0. The van der Waals surface area contributed by atoms with Crippen molar-refractivity contribution in [1.82, 2.24) is 9.88 Å². The number of nitrogen functional groups attached to an aromatic ring is 1. The summed E-state index contributed by atoms with van der Waals surface area (Å²) in [6.07, 6.45) is 4.97. The van der Waals surface area contributed by atoms with E-state index in [0.717, 1.165) is 31.7 Å². The number of para-hydroxylation sites is 1. The molecule has 0 amide bonds. The second kappa shape index (κ2) is 7.06. The minimum absolute atomic E-state index is 0.871. The molecule has 0 aliphatic heterocycles. The molecule has 0 saturated carbocycles. The summed E-state index contributed by atoms with van der Waals surface area (Å²) in [6.45, 7) is 7.14. The maximum Gasteiger partial charge on any atom is 0.0359 e. The highest BCUT2D eigenvalue weighted by Gasteiger charge is 2.08. The van der Waals surface area contributed by atoms with Gasteiger partial charge in [-0.3, -0.25) is 9.88 Å². The molecule has 0 atom stereocenters. The Labute approximate surface area is 121 Å². The van der Waals surface area contributed by atoms with Gasteiger partial charge >= 0.3 is 0 Å². The highest BCUT2D eigenvalue weighted by molar-refractivity contribution is 5.46. The summed E-state index contributed by atoms with van der Waals surface area (Å²) in [5.74, 6) is 0. The van der Waals surface area contributed by atoms with E-state index in [9.17, 15) is 0 Å². The van der Waals surface area contributed by atoms with Gasteiger partial charge in [-0.15, -0.1) is 0 Å². The van der Waals surface area contributed by atoms with Crippen molar-refractivity contribution in [3.05, 3.63) is 59.4 Å². The molecule has 0 saturated heterocycles. The first-order valence-corrected chi connectivity index (χ1v) is 7.15. The molecule has 2 rings (SSSR count). The number of nitrogens with two attached hydrogens (primary N) is 1. The molecule has 2 N–H and O–H groups in total. The highest BCUT2D eigenvalue weighted by atomic mass is 15.1. The van der Waals surface area contributed by atoms with Crippen LogP contribution in [0.15, 0.2) is 42.7 Å². The molecule has 0 fully saturated rings. The average Bonchev–Trinajstić information content (AvgIpc) is 2.42. The lowest BCUT2D eigenvalue weighted by Crippen LogP contribution is -2.24. The first-order chi connectivity index (χ1) is 9.69. The van der Waals surface area contributed by atoms with E-state index in [-0.39, 0.29) is 0 Å². The van der Waals surface area contributed by atoms with Crippen LogP contribution in [0, 0.1) is 6.92 Å². The molecule has 0 spiro atoms. The largest absolute Gasteiger partial charge is 0.398 e. The molecule has 20 heavy (non-hydrogen) atoms. The number of benzene rings is 1. The number of hydrogen-bond donors (Lipinski definition) is 1. The number of rotatable bonds is 6. The maximum atomic E-state index is 6.04. The molecule has 1 heterocycles. The van der Waals surface area contributed by atoms with Crippen LogP contribution in [0.3, 0.4) is 0 Å². The lowest BCUT2D eigenvalue weighted by molar-refractivity contribution is 0.257. The molecule has 3 nitrogen and oxygen atoms in total. The van der Waals surface area contributed by atoms with E-state index in [2.05, 4.69) is 35.9 Å². The van der Waals surface area contributed by atoms with Crippen molar-refractivity contribution < 1.29 is 0 Å². The van der Waals surface area contributed by atoms with Gasteiger partial charge in [0.25, 0.3) is 0 Å². The number of pyridine rings is 1. The summed E-state index contributed by atoms with van der Waals surface area (Å²) in [6, 6.07) is 10.3. The van der Waals surface area contributed by atoms with Gasteiger partial charge in [-0.25, -0.2) is 0 Å². The maximum absolute atomic E-state index is 6.04. The molecule has 2 aromatic rings. The van der Waals surface area contributed by atoms with Crippen molar-refractivity contribution in [1.29, 1.82) is 0 Å². The molecule has 1 aromatic heterocycles. The summed E-state index contributed by atoms with van der Waals surface area (Å²) in [7, 11) is 0. The van der Waals surface area contributed by atoms with Crippen molar-refractivity contribution >= 4 is 5.69 Å². The van der Waals surface area contributed by atoms with Crippen LogP contribution < -0.4 is 5.73 Å². The van der Waals surface area contributed by atoms with Crippen LogP contribution >= 0.6 is 0 Å². The summed E-state index contributed by atoms with van der Waals surface area (Å²) in [5.41, 5.74) is 10.6. The monoisotopic (exact) mass is 269 g/mol. The number of aryl methyl sites for hydroxylation is 1. The number of nitrogens with zero attached hydrogens (tertiary/aromatic N) is 2. The van der Waals surface area contributed by atoms with Crippen molar-refractivity contribution in [3.8, 4) is 0 Å². The van der Waals surface area contributed by atoms with Gasteiger partial charge in [-0.1, -0.05) is 31.2 Å². The minimum Gasteiger partial charge on any atom is -0.398 e. The Bertz CT molecular complexity index is 551. The standard InChI is InChI=1S/C17H23N3/c1-3-8-20(12-15-9-14(2)10-19-11-15)13-16-6-4-5-7-17(16)18/h4-7,9-11H,3,8,12-13,18H2,1-2H3. The first kappa shape index (κ1) is 14.5. The molecule has 0 bridgehead atoms. The topological polar surface area (TPSA) is 42.2 Å². The molecule has 0 aliphatic carbocycles. The normalized spacial score (nSPS) is 10.9. The predicted molar refractivity (Wildman–Crippen MR) is 84.2 cm³/mol. The molecule has 0 radical (unpaired) electrons. The molecule has 0 unspecified atom stereocenters. The second-order valence-corrected chi connectivity index (χ2v) is 5.28. The van der Waals surface area contributed by atoms with Crippen molar-refractivity contribution in [2.24, 2.45) is 0 Å². The molecule has 0 aliphatic rings. The highest BCUT2D eigenvalue weighted by Crippen LogP contribution is 2.16. The number of hydrogen-bond acceptors (Lipinski definition) is 3. The van der Waals surface area contributed by atoms with Gasteiger partial charge in [-0.05, 0) is 42.6 Å². The van der Waals surface area contributed by atoms with E-state index in [0.29, 0.717) is 0 Å². The zero-order valence-corrected chi connectivity index (χ0v) is 12.3. The van der Waals surface area contributed by atoms with Crippen molar-refractivity contribution in [3.63, 3.8) is 0 Å². The quantitative estimate of drug-likeness (QED) is 0.817. The summed E-state index contributed by atoms with van der Waals surface area (Å²) >= 11 is 0. The number of anilines is 1. The Morgan fingerprint density at radius 3 is 2.65 bits per heavy atom. The van der Waals surface area contributed by atoms with Crippen LogP contribution in [-0.2, 0) is 13.1 Å². The van der Waals surface area contributed by atoms with Gasteiger partial charge in [-0.2, -0.15) is 0 Å². The lowest BCUT2D eigenvalue weighted by atomic mass is 10.1. The minimum atomic E-state index is 0.871. The van der Waals surface area contributed by atoms with E-state index >= 15 is 0 Å². The van der Waals surface area contributed by atoms with Gasteiger partial charge in [0.2, 0.25) is 0 Å². The zero-order valence-electron chi connectivity index (χ0n) is 12.3. The van der Waals surface area contributed by atoms with Crippen LogP contribution in [0.2, 0.25) is 0 Å². The van der Waals surface area contributed by atoms with E-state index in [4.69, 9.17) is 5.73 Å². The van der Waals surface area contributed by atoms with E-state index in [1.54, 1.807) is 0 Å². The molecule has 3 heteroatoms. The van der Waals surface area contributed by atoms with Gasteiger partial charge < -0.3 is 5.73 Å². The van der Waals surface area contributed by atoms with Crippen LogP contribution in [0.1, 0.15) is 30.0 Å². The second-order valence-electron chi connectivity index (χ2n) is 5.28. The summed E-state index contributed by atoms with van der Waals surface area (Å²) in [5, 5.41) is 0. The molecule has 1 aromatic carbocycles. The van der Waals surface area contributed by atoms with E-state index < -0.39 is 0 Å². The van der Waals surface area contributed by atoms with E-state index in [1.165, 1.54) is 16.7 Å². The Kier molecular flexibility index (Phi) is 5.13. The lowest BCUT2D eigenvalue weighted by Gasteiger charge is -2.22. The van der Waals surface area contributed by atoms with Crippen LogP contribution in [0.25, 0.3) is 0 Å². The fraction of sp³-hybridized carbons (Fsp3) is 0.353. The van der Waals surface area contributed by atoms with Crippen LogP contribution in [0.4, 0.5) is 5.69 Å². The third-order valence-electron chi connectivity index (χ3n) is 3.33. The van der Waals surface area contributed by atoms with Gasteiger partial charge in [0, 0.05) is 31.2 Å². The smallest absolute Gasteiger partial charge is 0.0359 e. The van der Waals surface area contributed by atoms with Gasteiger partial charge in [0.05, 0.1) is 0 Å². The average molecular weight is 269 g/mol. The molecule has 106 valence electrons. The van der Waals surface area contributed by atoms with Crippen molar-refractivity contribution in [2.45, 2.75) is 33.4 Å². The Morgan fingerprint density at radius 2 is 1.95 bits per heavy atom. The predicted octanol–water partition coefficient (Wildman–Crippen LogP) is 3.38. The van der Waals surface area contributed by atoms with Crippen molar-refractivity contribution in [2.75, 3.05) is 12.3 Å². The molecular weight excluding hydrogens is 246 g/mol. The SMILES string of the molecule is CCCN(Cc1cncc(C)c1)Cc1ccccc1N. The Morgan fingerprint density at radius 1 is 1.15 bits per heavy atom. The third kappa shape index (κ3) is 4.07. The Balaban J connectivity index is 2.09. The van der Waals surface area contributed by atoms with Gasteiger partial charge in [0.15, 0.2) is 0 Å². The van der Waals surface area contributed by atoms with Crippen LogP contribution in [0.5, 0.6) is 0 Å².